The van der Waals surface area contributed by atoms with Gasteiger partial charge in [-0.3, -0.25) is 0 Å². The molecule has 0 amide bonds. The summed E-state index contributed by atoms with van der Waals surface area (Å²) in [4.78, 5) is 2.84. The number of nitrogens with zero attached hydrogens (tertiary/aromatic N) is 2. The van der Waals surface area contributed by atoms with E-state index in [1.165, 1.54) is 0 Å². The fourth-order valence-electron chi connectivity index (χ4n) is 5.52. The molecule has 1 atom stereocenters. The van der Waals surface area contributed by atoms with Crippen molar-refractivity contribution in [3.8, 4) is 0 Å². The molecule has 1 spiro atoms. The lowest BCUT2D eigenvalue weighted by molar-refractivity contribution is 0.0372. The van der Waals surface area contributed by atoms with Gasteiger partial charge >= 0.3 is 0 Å². The smallest absolute Gasteiger partial charge is 0.243 e. The van der Waals surface area contributed by atoms with Crippen molar-refractivity contribution in [2.75, 3.05) is 33.3 Å². The van der Waals surface area contributed by atoms with E-state index in [-0.39, 0.29) is 17.6 Å². The molecule has 0 aromatic heterocycles. The van der Waals surface area contributed by atoms with Gasteiger partial charge in [0.15, 0.2) is 0 Å². The number of sulfonamides is 1. The first-order chi connectivity index (χ1) is 14.3. The molecule has 3 fully saturated rings. The normalized spacial score (nSPS) is 30.2. The number of likely N-dealkylation sites (N-methyl/N-ethyl adjacent to an activating group) is 1. The lowest BCUT2D eigenvalue weighted by Crippen LogP contribution is -2.44. The minimum atomic E-state index is -3.43. The van der Waals surface area contributed by atoms with Crippen LogP contribution in [0.5, 0.6) is 0 Å². The highest BCUT2D eigenvalue weighted by atomic mass is 32.2. The van der Waals surface area contributed by atoms with Crippen LogP contribution in [0.15, 0.2) is 29.2 Å². The minimum absolute atomic E-state index is 0.117. The highest BCUT2D eigenvalue weighted by Crippen LogP contribution is 2.43. The summed E-state index contributed by atoms with van der Waals surface area (Å²) in [5.74, 6) is 0. The van der Waals surface area contributed by atoms with Crippen LogP contribution in [0.1, 0.15) is 50.5 Å². The van der Waals surface area contributed by atoms with Gasteiger partial charge in [0.05, 0.1) is 23.7 Å². The van der Waals surface area contributed by atoms with E-state index >= 15 is 0 Å². The zero-order chi connectivity index (χ0) is 21.4. The van der Waals surface area contributed by atoms with Gasteiger partial charge in [-0.25, -0.2) is 8.42 Å². The Hall–Kier alpha value is -0.990. The Bertz CT molecular complexity index is 827. The van der Waals surface area contributed by atoms with Gasteiger partial charge in [0.2, 0.25) is 10.0 Å². The molecule has 4 rings (SSSR count). The molecule has 0 bridgehead atoms. The van der Waals surface area contributed by atoms with Crippen LogP contribution in [0.3, 0.4) is 0 Å². The van der Waals surface area contributed by atoms with Crippen molar-refractivity contribution in [3.05, 3.63) is 29.8 Å². The molecule has 1 unspecified atom stereocenters. The molecule has 30 heavy (non-hydrogen) atoms. The average Bonchev–Trinajstić information content (AvgIpc) is 3.10. The monoisotopic (exact) mass is 436 g/mol. The number of piperidine rings is 1. The van der Waals surface area contributed by atoms with Gasteiger partial charge in [-0.05, 0) is 76.0 Å². The lowest BCUT2D eigenvalue weighted by Gasteiger charge is -2.38. The van der Waals surface area contributed by atoms with Crippen LogP contribution in [0.25, 0.3) is 0 Å². The van der Waals surface area contributed by atoms with Crippen molar-refractivity contribution < 1.29 is 18.3 Å². The quantitative estimate of drug-likeness (QED) is 0.769. The predicted octanol–water partition coefficient (Wildman–Crippen LogP) is 2.79. The number of rotatable bonds is 5. The van der Waals surface area contributed by atoms with Crippen molar-refractivity contribution in [1.82, 2.24) is 9.21 Å². The minimum Gasteiger partial charge on any atom is -0.393 e. The van der Waals surface area contributed by atoms with Crippen LogP contribution in [0.2, 0.25) is 0 Å². The molecule has 3 aliphatic rings. The first-order valence-corrected chi connectivity index (χ1v) is 12.8. The molecule has 7 heteroatoms. The Kier molecular flexibility index (Phi) is 6.56. The van der Waals surface area contributed by atoms with Gasteiger partial charge in [-0.15, -0.1) is 0 Å². The number of aliphatic hydroxyl groups excluding tert-OH is 1. The topological polar surface area (TPSA) is 70.1 Å². The Morgan fingerprint density at radius 2 is 1.83 bits per heavy atom. The molecule has 1 aliphatic carbocycles. The molecule has 168 valence electrons. The number of hydrogen-bond acceptors (Lipinski definition) is 5. The molecule has 2 aliphatic heterocycles. The number of aliphatic hydroxyl groups is 1. The third kappa shape index (κ3) is 4.60. The summed E-state index contributed by atoms with van der Waals surface area (Å²) >= 11 is 0. The Labute approximate surface area is 181 Å². The summed E-state index contributed by atoms with van der Waals surface area (Å²) in [6.45, 7) is 4.67. The van der Waals surface area contributed by atoms with Gasteiger partial charge in [-0.1, -0.05) is 18.2 Å². The number of ether oxygens (including phenoxy) is 1. The fraction of sp³-hybridized carbons (Fsp3) is 0.739. The van der Waals surface area contributed by atoms with Crippen LogP contribution in [0, 0.1) is 12.3 Å². The van der Waals surface area contributed by atoms with Crippen LogP contribution >= 0.6 is 0 Å². The van der Waals surface area contributed by atoms with Gasteiger partial charge in [0.25, 0.3) is 0 Å². The SMILES string of the molecule is Cc1ccccc1S(=O)(=O)N1CCC2(CC1)COC(CN(C)C1CCC(O)CC1)C2. The molecule has 1 N–H and O–H groups in total. The third-order valence-corrected chi connectivity index (χ3v) is 9.62. The second-order valence-corrected chi connectivity index (χ2v) is 11.6. The maximum atomic E-state index is 13.1. The maximum Gasteiger partial charge on any atom is 0.243 e. The third-order valence-electron chi connectivity index (χ3n) is 7.56. The van der Waals surface area contributed by atoms with E-state index < -0.39 is 10.0 Å². The fourth-order valence-corrected chi connectivity index (χ4v) is 7.18. The van der Waals surface area contributed by atoms with Crippen molar-refractivity contribution in [2.24, 2.45) is 5.41 Å². The standard InChI is InChI=1S/C23H36N2O4S/c1-18-5-3-4-6-22(18)30(27,28)25-13-11-23(12-14-25)15-21(29-17-23)16-24(2)19-7-9-20(26)10-8-19/h3-6,19-21,26H,7-17H2,1-2H3. The predicted molar refractivity (Wildman–Crippen MR) is 117 cm³/mol. The van der Waals surface area contributed by atoms with E-state index in [4.69, 9.17) is 4.74 Å². The highest BCUT2D eigenvalue weighted by Gasteiger charge is 2.45. The van der Waals surface area contributed by atoms with Crippen molar-refractivity contribution in [1.29, 1.82) is 0 Å². The molecular weight excluding hydrogens is 400 g/mol. The average molecular weight is 437 g/mol. The van der Waals surface area contributed by atoms with E-state index in [9.17, 15) is 13.5 Å². The zero-order valence-corrected chi connectivity index (χ0v) is 19.1. The molecule has 6 nitrogen and oxygen atoms in total. The van der Waals surface area contributed by atoms with Gasteiger partial charge in [0, 0.05) is 25.7 Å². The first kappa shape index (κ1) is 22.2. The molecule has 2 heterocycles. The number of benzene rings is 1. The maximum absolute atomic E-state index is 13.1. The molecule has 1 aromatic carbocycles. The van der Waals surface area contributed by atoms with E-state index in [0.717, 1.165) is 63.7 Å². The van der Waals surface area contributed by atoms with E-state index in [0.29, 0.717) is 24.0 Å². The van der Waals surface area contributed by atoms with Crippen LogP contribution in [0.4, 0.5) is 0 Å². The van der Waals surface area contributed by atoms with Gasteiger partial charge in [0.1, 0.15) is 0 Å². The van der Waals surface area contributed by atoms with E-state index in [2.05, 4.69) is 11.9 Å². The first-order valence-electron chi connectivity index (χ1n) is 11.3. The van der Waals surface area contributed by atoms with E-state index in [1.54, 1.807) is 16.4 Å². The summed E-state index contributed by atoms with van der Waals surface area (Å²) in [6, 6.07) is 7.78. The zero-order valence-electron chi connectivity index (χ0n) is 18.3. The summed E-state index contributed by atoms with van der Waals surface area (Å²) in [6.07, 6.45) is 6.77. The summed E-state index contributed by atoms with van der Waals surface area (Å²) in [5.41, 5.74) is 0.923. The molecule has 0 radical (unpaired) electrons. The second kappa shape index (κ2) is 8.87. The summed E-state index contributed by atoms with van der Waals surface area (Å²) < 4.78 is 34.0. The summed E-state index contributed by atoms with van der Waals surface area (Å²) in [7, 11) is -1.25. The summed E-state index contributed by atoms with van der Waals surface area (Å²) in [5, 5.41) is 9.74. The lowest BCUT2D eigenvalue weighted by atomic mass is 9.77. The Morgan fingerprint density at radius 1 is 1.17 bits per heavy atom. The molecule has 1 saturated carbocycles. The van der Waals surface area contributed by atoms with Crippen LogP contribution < -0.4 is 0 Å². The Morgan fingerprint density at radius 3 is 2.50 bits per heavy atom. The van der Waals surface area contributed by atoms with Gasteiger partial charge in [-0.2, -0.15) is 4.31 Å². The largest absolute Gasteiger partial charge is 0.393 e. The van der Waals surface area contributed by atoms with Crippen molar-refractivity contribution in [2.45, 2.75) is 75.0 Å². The number of hydrogen-bond donors (Lipinski definition) is 1. The second-order valence-electron chi connectivity index (χ2n) is 9.71. The molecule has 1 aromatic rings. The van der Waals surface area contributed by atoms with Crippen molar-refractivity contribution in [3.63, 3.8) is 0 Å². The molecular formula is C23H36N2O4S. The van der Waals surface area contributed by atoms with E-state index in [1.807, 2.05) is 19.1 Å². The van der Waals surface area contributed by atoms with Crippen LogP contribution in [-0.2, 0) is 14.8 Å². The molecule has 2 saturated heterocycles. The van der Waals surface area contributed by atoms with Crippen LogP contribution in [-0.4, -0.2) is 74.3 Å². The Balaban J connectivity index is 1.31. The number of aryl methyl sites for hydroxylation is 1. The van der Waals surface area contributed by atoms with Gasteiger partial charge < -0.3 is 14.7 Å². The van der Waals surface area contributed by atoms with Crippen molar-refractivity contribution >= 4 is 10.0 Å². The highest BCUT2D eigenvalue weighted by molar-refractivity contribution is 7.89.